The number of nitrogens with zero attached hydrogens (tertiary/aromatic N) is 2. The maximum absolute atomic E-state index is 13.4. The number of anilines is 3. The second-order valence-corrected chi connectivity index (χ2v) is 11.1. The molecule has 2 aliphatic heterocycles. The van der Waals surface area contributed by atoms with Gasteiger partial charge in [0.2, 0.25) is 0 Å². The normalized spacial score (nSPS) is 16.8. The number of fused-ring (bicyclic) bond motifs is 4. The predicted octanol–water partition coefficient (Wildman–Crippen LogP) is 5.06. The van der Waals surface area contributed by atoms with Gasteiger partial charge in [-0.05, 0) is 54.3 Å². The molecule has 0 saturated carbocycles. The lowest BCUT2D eigenvalue weighted by Gasteiger charge is -2.44. The lowest BCUT2D eigenvalue weighted by atomic mass is 9.83. The lowest BCUT2D eigenvalue weighted by molar-refractivity contribution is 0.0951. The molecule has 1 aromatic heterocycles. The van der Waals surface area contributed by atoms with Gasteiger partial charge in [0.1, 0.15) is 11.5 Å². The third-order valence-electron chi connectivity index (χ3n) is 8.28. The van der Waals surface area contributed by atoms with Crippen molar-refractivity contribution in [2.45, 2.75) is 25.4 Å². The van der Waals surface area contributed by atoms with Crippen LogP contribution in [0, 0.1) is 5.92 Å². The number of rotatable bonds is 8. The van der Waals surface area contributed by atoms with Crippen molar-refractivity contribution in [2.75, 3.05) is 42.8 Å². The van der Waals surface area contributed by atoms with E-state index >= 15 is 0 Å². The number of hydrogen-bond donors (Lipinski definition) is 3. The molecule has 44 heavy (non-hydrogen) atoms. The van der Waals surface area contributed by atoms with Crippen molar-refractivity contribution in [1.82, 2.24) is 9.88 Å². The zero-order chi connectivity index (χ0) is 30.6. The van der Waals surface area contributed by atoms with E-state index in [0.29, 0.717) is 48.1 Å². The monoisotopic (exact) mass is 593 g/mol. The maximum atomic E-state index is 13.4. The number of piperidine rings is 1. The molecule has 10 heteroatoms. The topological polar surface area (TPSA) is 114 Å². The van der Waals surface area contributed by atoms with Crippen molar-refractivity contribution in [1.29, 1.82) is 0 Å². The smallest absolute Gasteiger partial charge is 0.323 e. The van der Waals surface area contributed by atoms with Crippen LogP contribution in [0.5, 0.6) is 11.5 Å². The van der Waals surface area contributed by atoms with E-state index in [9.17, 15) is 14.4 Å². The van der Waals surface area contributed by atoms with Crippen molar-refractivity contribution < 1.29 is 19.1 Å². The van der Waals surface area contributed by atoms with Gasteiger partial charge in [-0.15, -0.1) is 0 Å². The zero-order valence-electron chi connectivity index (χ0n) is 24.7. The third kappa shape index (κ3) is 6.10. The van der Waals surface area contributed by atoms with E-state index in [1.165, 1.54) is 7.11 Å². The predicted molar refractivity (Wildman–Crippen MR) is 170 cm³/mol. The van der Waals surface area contributed by atoms with Gasteiger partial charge in [-0.1, -0.05) is 36.4 Å². The Kier molecular flexibility index (Phi) is 8.23. The molecule has 2 atom stereocenters. The Morgan fingerprint density at radius 1 is 0.841 bits per heavy atom. The number of carbonyl (C=O) groups excluding carboxylic acids is 2. The van der Waals surface area contributed by atoms with Gasteiger partial charge in [0, 0.05) is 55.5 Å². The molecule has 4 aromatic rings. The van der Waals surface area contributed by atoms with Crippen LogP contribution in [0.1, 0.15) is 34.0 Å². The molecule has 0 spiro atoms. The summed E-state index contributed by atoms with van der Waals surface area (Å²) in [5.41, 5.74) is 4.27. The first kappa shape index (κ1) is 28.9. The molecule has 3 aromatic carbocycles. The van der Waals surface area contributed by atoms with E-state index in [-0.39, 0.29) is 23.3 Å². The summed E-state index contributed by atoms with van der Waals surface area (Å²) in [6.07, 6.45) is 1.00. The number of aromatic nitrogens is 1. The molecule has 2 bridgehead atoms. The van der Waals surface area contributed by atoms with Gasteiger partial charge in [0.15, 0.2) is 0 Å². The summed E-state index contributed by atoms with van der Waals surface area (Å²) in [4.78, 5) is 41.3. The Bertz CT molecular complexity index is 1740. The molecule has 0 aliphatic carbocycles. The summed E-state index contributed by atoms with van der Waals surface area (Å²) in [6.45, 7) is 2.44. The quantitative estimate of drug-likeness (QED) is 0.263. The van der Waals surface area contributed by atoms with E-state index in [2.05, 4.69) is 20.9 Å². The molecule has 1 saturated heterocycles. The SMILES string of the molecule is COc1ccc(NC(=O)Nc2cc(C(=O)NCc3ccccc3)ccc2N2CC3CC(C2)c2cccc(=O)n2C3)c(OC)c1. The van der Waals surface area contributed by atoms with Crippen LogP contribution in [0.3, 0.4) is 0 Å². The average Bonchev–Trinajstić information content (AvgIpc) is 3.04. The molecule has 3 amide bonds. The van der Waals surface area contributed by atoms with Crippen LogP contribution in [-0.2, 0) is 13.1 Å². The van der Waals surface area contributed by atoms with Gasteiger partial charge in [0.25, 0.3) is 11.5 Å². The lowest BCUT2D eigenvalue weighted by Crippen LogP contribution is -2.47. The van der Waals surface area contributed by atoms with Gasteiger partial charge in [-0.2, -0.15) is 0 Å². The summed E-state index contributed by atoms with van der Waals surface area (Å²) < 4.78 is 12.6. The first-order chi connectivity index (χ1) is 21.4. The molecule has 3 heterocycles. The first-order valence-corrected chi connectivity index (χ1v) is 14.6. The summed E-state index contributed by atoms with van der Waals surface area (Å²) >= 11 is 0. The maximum Gasteiger partial charge on any atom is 0.323 e. The second kappa shape index (κ2) is 12.5. The number of urea groups is 1. The Morgan fingerprint density at radius 3 is 2.45 bits per heavy atom. The summed E-state index contributed by atoms with van der Waals surface area (Å²) in [6, 6.07) is 25.2. The molecule has 6 rings (SSSR count). The van der Waals surface area contributed by atoms with Crippen LogP contribution in [0.15, 0.2) is 89.7 Å². The van der Waals surface area contributed by atoms with Crippen molar-refractivity contribution in [3.05, 3.63) is 112 Å². The van der Waals surface area contributed by atoms with E-state index in [1.807, 2.05) is 53.1 Å². The fraction of sp³-hybridized carbons (Fsp3) is 0.265. The van der Waals surface area contributed by atoms with Crippen molar-refractivity contribution in [3.8, 4) is 11.5 Å². The minimum atomic E-state index is -0.481. The molecular weight excluding hydrogens is 558 g/mol. The van der Waals surface area contributed by atoms with Crippen molar-refractivity contribution in [3.63, 3.8) is 0 Å². The Hall–Kier alpha value is -5.25. The van der Waals surface area contributed by atoms with Gasteiger partial charge < -0.3 is 34.9 Å². The third-order valence-corrected chi connectivity index (χ3v) is 8.28. The molecule has 2 unspecified atom stereocenters. The van der Waals surface area contributed by atoms with Crippen LogP contribution in [0.4, 0.5) is 21.9 Å². The van der Waals surface area contributed by atoms with Crippen molar-refractivity contribution >= 4 is 29.0 Å². The number of amides is 3. The first-order valence-electron chi connectivity index (χ1n) is 14.6. The van der Waals surface area contributed by atoms with Crippen molar-refractivity contribution in [2.24, 2.45) is 5.92 Å². The van der Waals surface area contributed by atoms with Gasteiger partial charge in [-0.25, -0.2) is 4.79 Å². The zero-order valence-corrected chi connectivity index (χ0v) is 24.7. The highest BCUT2D eigenvalue weighted by Crippen LogP contribution is 2.39. The molecule has 3 N–H and O–H groups in total. The van der Waals surface area contributed by atoms with Crippen LogP contribution in [0.25, 0.3) is 0 Å². The number of pyridine rings is 1. The molecule has 2 aliphatic rings. The highest BCUT2D eigenvalue weighted by atomic mass is 16.5. The fourth-order valence-electron chi connectivity index (χ4n) is 6.20. The van der Waals surface area contributed by atoms with E-state index < -0.39 is 6.03 Å². The number of methoxy groups -OCH3 is 2. The molecule has 226 valence electrons. The van der Waals surface area contributed by atoms with Crippen LogP contribution in [-0.4, -0.2) is 43.8 Å². The molecule has 10 nitrogen and oxygen atoms in total. The minimum absolute atomic E-state index is 0.0319. The number of carbonyl (C=O) groups is 2. The molecule has 1 fully saturated rings. The number of ether oxygens (including phenoxy) is 2. The number of benzene rings is 3. The van der Waals surface area contributed by atoms with Crippen LogP contribution >= 0.6 is 0 Å². The standard InChI is InChI=1S/C34H35N5O5/c1-43-26-12-13-27(31(17-26)44-2)36-34(42)37-28-16-24(33(41)35-18-22-7-4-3-5-8-22)11-14-30(28)38-19-23-15-25(21-38)29-9-6-10-32(40)39(29)20-23/h3-14,16-17,23,25H,15,18-21H2,1-2H3,(H,35,41)(H2,36,37,42). The largest absolute Gasteiger partial charge is 0.497 e. The summed E-state index contributed by atoms with van der Waals surface area (Å²) in [5.74, 6) is 1.26. The van der Waals surface area contributed by atoms with Gasteiger partial charge in [0.05, 0.1) is 31.3 Å². The summed E-state index contributed by atoms with van der Waals surface area (Å²) in [7, 11) is 3.08. The van der Waals surface area contributed by atoms with E-state index in [4.69, 9.17) is 9.47 Å². The van der Waals surface area contributed by atoms with Crippen LogP contribution in [0.2, 0.25) is 0 Å². The average molecular weight is 594 g/mol. The van der Waals surface area contributed by atoms with Crippen LogP contribution < -0.4 is 35.9 Å². The Labute approximate surface area is 255 Å². The highest BCUT2D eigenvalue weighted by molar-refractivity contribution is 6.04. The summed E-state index contributed by atoms with van der Waals surface area (Å²) in [5, 5.41) is 8.81. The fourth-order valence-corrected chi connectivity index (χ4v) is 6.20. The van der Waals surface area contributed by atoms with Gasteiger partial charge >= 0.3 is 6.03 Å². The molecular formula is C34H35N5O5. The molecule has 0 radical (unpaired) electrons. The Morgan fingerprint density at radius 2 is 1.66 bits per heavy atom. The minimum Gasteiger partial charge on any atom is -0.497 e. The number of nitrogens with one attached hydrogen (secondary N) is 3. The van der Waals surface area contributed by atoms with E-state index in [1.54, 1.807) is 43.5 Å². The second-order valence-electron chi connectivity index (χ2n) is 11.1. The van der Waals surface area contributed by atoms with Gasteiger partial charge in [-0.3, -0.25) is 9.59 Å². The number of hydrogen-bond acceptors (Lipinski definition) is 6. The Balaban J connectivity index is 1.27. The van der Waals surface area contributed by atoms with E-state index in [0.717, 1.165) is 29.9 Å². The highest BCUT2D eigenvalue weighted by Gasteiger charge is 2.35.